The number of likely N-dealkylation sites (tertiary alicyclic amines) is 1. The molecule has 180 valence electrons. The van der Waals surface area contributed by atoms with E-state index in [0.29, 0.717) is 18.5 Å². The summed E-state index contributed by atoms with van der Waals surface area (Å²) >= 11 is 0.978. The second-order valence-electron chi connectivity index (χ2n) is 7.43. The Labute approximate surface area is 192 Å². The van der Waals surface area contributed by atoms with E-state index in [1.54, 1.807) is 25.7 Å². The van der Waals surface area contributed by atoms with Crippen molar-refractivity contribution in [2.45, 2.75) is 52.5 Å². The van der Waals surface area contributed by atoms with Crippen LogP contribution >= 0.6 is 11.3 Å². The second-order valence-corrected chi connectivity index (χ2v) is 10.3. The zero-order chi connectivity index (χ0) is 23.9. The van der Waals surface area contributed by atoms with E-state index in [9.17, 15) is 22.8 Å². The Morgan fingerprint density at radius 1 is 1.12 bits per heavy atom. The van der Waals surface area contributed by atoms with E-state index >= 15 is 0 Å². The van der Waals surface area contributed by atoms with Gasteiger partial charge < -0.3 is 14.4 Å². The van der Waals surface area contributed by atoms with Crippen LogP contribution in [0.2, 0.25) is 0 Å². The van der Waals surface area contributed by atoms with Crippen LogP contribution in [0, 0.1) is 6.92 Å². The summed E-state index contributed by atoms with van der Waals surface area (Å²) < 4.78 is 35.3. The van der Waals surface area contributed by atoms with Crippen molar-refractivity contribution in [3.63, 3.8) is 0 Å². The Balaban J connectivity index is 2.24. The van der Waals surface area contributed by atoms with Gasteiger partial charge in [0.1, 0.15) is 9.88 Å². The Morgan fingerprint density at radius 2 is 1.78 bits per heavy atom. The van der Waals surface area contributed by atoms with Crippen LogP contribution < -0.4 is 10.0 Å². The van der Waals surface area contributed by atoms with Gasteiger partial charge in [0.15, 0.2) is 0 Å². The molecule has 1 aromatic rings. The summed E-state index contributed by atoms with van der Waals surface area (Å²) in [5, 5.41) is 3.00. The SMILES string of the molecule is CCOC(=O)c1sc(NC(=O)N2CCCC[C@@H]2CCNS(C)(=O)=O)c(C(=O)OCC)c1C. The number of carbonyl (C=O) groups is 3. The highest BCUT2D eigenvalue weighted by molar-refractivity contribution is 7.88. The van der Waals surface area contributed by atoms with E-state index in [1.165, 1.54) is 0 Å². The Hall–Kier alpha value is -2.18. The molecule has 2 N–H and O–H groups in total. The lowest BCUT2D eigenvalue weighted by Gasteiger charge is -2.35. The molecule has 0 aromatic carbocycles. The maximum atomic E-state index is 13.1. The Kier molecular flexibility index (Phi) is 9.47. The van der Waals surface area contributed by atoms with Crippen LogP contribution in [0.1, 0.15) is 65.1 Å². The Bertz CT molecular complexity index is 943. The lowest BCUT2D eigenvalue weighted by Crippen LogP contribution is -2.47. The fraction of sp³-hybridized carbons (Fsp3) is 0.650. The maximum Gasteiger partial charge on any atom is 0.348 e. The topological polar surface area (TPSA) is 131 Å². The quantitative estimate of drug-likeness (QED) is 0.510. The molecule has 0 radical (unpaired) electrons. The van der Waals surface area contributed by atoms with Gasteiger partial charge in [0.05, 0.1) is 25.0 Å². The average Bonchev–Trinajstić information content (AvgIpc) is 3.03. The first kappa shape index (κ1) is 26.1. The number of piperidine rings is 1. The highest BCUT2D eigenvalue weighted by Crippen LogP contribution is 2.35. The van der Waals surface area contributed by atoms with Gasteiger partial charge in [0.2, 0.25) is 10.0 Å². The lowest BCUT2D eigenvalue weighted by molar-refractivity contribution is 0.0527. The van der Waals surface area contributed by atoms with Gasteiger partial charge in [-0.1, -0.05) is 0 Å². The van der Waals surface area contributed by atoms with Gasteiger partial charge in [-0.15, -0.1) is 11.3 Å². The van der Waals surface area contributed by atoms with Crippen LogP contribution in [-0.4, -0.2) is 69.9 Å². The zero-order valence-electron chi connectivity index (χ0n) is 18.9. The molecule has 0 aliphatic carbocycles. The number of esters is 2. The first-order chi connectivity index (χ1) is 15.1. The number of carbonyl (C=O) groups excluding carboxylic acids is 3. The van der Waals surface area contributed by atoms with Crippen LogP contribution in [0.4, 0.5) is 9.80 Å². The standard InChI is InChI=1S/C20H31N3O7S2/c1-5-29-18(24)15-13(3)16(19(25)30-6-2)31-17(15)22-20(26)23-12-8-7-9-14(23)10-11-21-32(4,27)28/h14,21H,5-12H2,1-4H3,(H,22,26)/t14-/m1/s1. The number of anilines is 1. The highest BCUT2D eigenvalue weighted by atomic mass is 32.2. The van der Waals surface area contributed by atoms with E-state index in [0.717, 1.165) is 36.9 Å². The third kappa shape index (κ3) is 6.91. The van der Waals surface area contributed by atoms with Gasteiger partial charge in [-0.2, -0.15) is 0 Å². The molecule has 1 aromatic heterocycles. The summed E-state index contributed by atoms with van der Waals surface area (Å²) in [6.07, 6.45) is 4.08. The lowest BCUT2D eigenvalue weighted by atomic mass is 10.00. The number of nitrogens with one attached hydrogen (secondary N) is 2. The minimum Gasteiger partial charge on any atom is -0.462 e. The molecule has 1 aliphatic heterocycles. The van der Waals surface area contributed by atoms with E-state index in [-0.39, 0.29) is 41.2 Å². The van der Waals surface area contributed by atoms with Crippen molar-refractivity contribution in [1.29, 1.82) is 0 Å². The van der Waals surface area contributed by atoms with Crippen molar-refractivity contribution in [3.05, 3.63) is 16.0 Å². The molecule has 2 heterocycles. The first-order valence-electron chi connectivity index (χ1n) is 10.6. The Morgan fingerprint density at radius 3 is 2.41 bits per heavy atom. The van der Waals surface area contributed by atoms with Crippen molar-refractivity contribution in [2.24, 2.45) is 0 Å². The van der Waals surface area contributed by atoms with Crippen molar-refractivity contribution in [3.8, 4) is 0 Å². The van der Waals surface area contributed by atoms with E-state index in [4.69, 9.17) is 9.47 Å². The van der Waals surface area contributed by atoms with Gasteiger partial charge in [-0.25, -0.2) is 27.5 Å². The summed E-state index contributed by atoms with van der Waals surface area (Å²) in [7, 11) is -3.31. The van der Waals surface area contributed by atoms with Crippen molar-refractivity contribution in [2.75, 3.05) is 37.9 Å². The summed E-state index contributed by atoms with van der Waals surface area (Å²) in [6.45, 7) is 6.05. The summed E-state index contributed by atoms with van der Waals surface area (Å²) in [4.78, 5) is 39.8. The summed E-state index contributed by atoms with van der Waals surface area (Å²) in [6, 6.07) is -0.550. The predicted molar refractivity (Wildman–Crippen MR) is 122 cm³/mol. The van der Waals surface area contributed by atoms with Gasteiger partial charge in [-0.05, 0) is 52.0 Å². The monoisotopic (exact) mass is 489 g/mol. The van der Waals surface area contributed by atoms with Gasteiger partial charge in [-0.3, -0.25) is 5.32 Å². The fourth-order valence-corrected chi connectivity index (χ4v) is 5.16. The van der Waals surface area contributed by atoms with Crippen LogP contribution in [0.25, 0.3) is 0 Å². The molecule has 0 bridgehead atoms. The third-order valence-corrected chi connectivity index (χ3v) is 6.95. The smallest absolute Gasteiger partial charge is 0.348 e. The number of hydrogen-bond acceptors (Lipinski definition) is 8. The molecule has 1 fully saturated rings. The molecule has 10 nitrogen and oxygen atoms in total. The first-order valence-corrected chi connectivity index (χ1v) is 13.3. The van der Waals surface area contributed by atoms with Crippen LogP contribution in [0.3, 0.4) is 0 Å². The highest BCUT2D eigenvalue weighted by Gasteiger charge is 2.31. The minimum absolute atomic E-state index is 0.139. The average molecular weight is 490 g/mol. The molecule has 2 rings (SSSR count). The molecule has 12 heteroatoms. The third-order valence-electron chi connectivity index (χ3n) is 5.04. The molecule has 2 amide bonds. The molecular formula is C20H31N3O7S2. The van der Waals surface area contributed by atoms with Crippen molar-refractivity contribution in [1.82, 2.24) is 9.62 Å². The second kappa shape index (κ2) is 11.6. The van der Waals surface area contributed by atoms with E-state index in [1.807, 2.05) is 0 Å². The van der Waals surface area contributed by atoms with Crippen LogP contribution in [-0.2, 0) is 19.5 Å². The minimum atomic E-state index is -3.31. The number of hydrogen-bond donors (Lipinski definition) is 2. The van der Waals surface area contributed by atoms with E-state index in [2.05, 4.69) is 10.0 Å². The normalized spacial score (nSPS) is 16.5. The number of rotatable bonds is 9. The zero-order valence-corrected chi connectivity index (χ0v) is 20.5. The molecule has 1 saturated heterocycles. The van der Waals surface area contributed by atoms with Crippen molar-refractivity contribution >= 4 is 44.3 Å². The molecular weight excluding hydrogens is 458 g/mol. The number of ether oxygens (including phenoxy) is 2. The maximum absolute atomic E-state index is 13.1. The molecule has 32 heavy (non-hydrogen) atoms. The predicted octanol–water partition coefficient (Wildman–Crippen LogP) is 2.74. The summed E-state index contributed by atoms with van der Waals surface area (Å²) in [5.41, 5.74) is 0.537. The number of urea groups is 1. The fourth-order valence-electron chi connectivity index (χ4n) is 3.59. The number of sulfonamides is 1. The molecule has 0 unspecified atom stereocenters. The number of amides is 2. The van der Waals surface area contributed by atoms with Gasteiger partial charge >= 0.3 is 18.0 Å². The molecule has 0 saturated carbocycles. The van der Waals surface area contributed by atoms with Crippen molar-refractivity contribution < 1.29 is 32.3 Å². The van der Waals surface area contributed by atoms with Crippen LogP contribution in [0.15, 0.2) is 0 Å². The molecule has 1 aliphatic rings. The van der Waals surface area contributed by atoms with E-state index < -0.39 is 28.0 Å². The summed E-state index contributed by atoms with van der Waals surface area (Å²) in [5.74, 6) is -1.19. The van der Waals surface area contributed by atoms with Crippen LogP contribution in [0.5, 0.6) is 0 Å². The molecule has 0 spiro atoms. The largest absolute Gasteiger partial charge is 0.462 e. The van der Waals surface area contributed by atoms with Gasteiger partial charge in [0, 0.05) is 19.1 Å². The van der Waals surface area contributed by atoms with Gasteiger partial charge in [0.25, 0.3) is 0 Å². The number of nitrogens with zero attached hydrogens (tertiary/aromatic N) is 1. The number of thiophene rings is 1. The molecule has 1 atom stereocenters.